The molecule has 0 spiro atoms. The van der Waals surface area contributed by atoms with Crippen molar-refractivity contribution in [3.8, 4) is 0 Å². The van der Waals surface area contributed by atoms with Gasteiger partial charge >= 0.3 is 5.97 Å². The number of nitrogens with zero attached hydrogens (tertiary/aromatic N) is 2. The molecule has 8 nitrogen and oxygen atoms in total. The second-order valence-electron chi connectivity index (χ2n) is 8.17. The molecule has 1 aromatic carbocycles. The van der Waals surface area contributed by atoms with E-state index in [2.05, 4.69) is 0 Å². The van der Waals surface area contributed by atoms with Crippen LogP contribution in [0.5, 0.6) is 0 Å². The Labute approximate surface area is 165 Å². The van der Waals surface area contributed by atoms with E-state index in [1.54, 1.807) is 45.0 Å². The zero-order chi connectivity index (χ0) is 20.4. The summed E-state index contributed by atoms with van der Waals surface area (Å²) in [6.07, 6.45) is 0. The summed E-state index contributed by atoms with van der Waals surface area (Å²) in [5, 5.41) is 10.2. The Balaban J connectivity index is 1.52. The molecule has 3 atom stereocenters. The van der Waals surface area contributed by atoms with Gasteiger partial charge in [-0.1, -0.05) is 12.1 Å². The summed E-state index contributed by atoms with van der Waals surface area (Å²) in [6.45, 7) is 4.86. The molecule has 2 saturated heterocycles. The summed E-state index contributed by atoms with van der Waals surface area (Å²) in [6, 6.07) is 5.52. The summed E-state index contributed by atoms with van der Waals surface area (Å²) in [5.74, 6) is -2.23. The first kappa shape index (κ1) is 18.9. The van der Waals surface area contributed by atoms with Gasteiger partial charge in [-0.3, -0.25) is 19.3 Å². The molecule has 148 valence electrons. The number of benzene rings is 1. The number of rotatable bonds is 2. The van der Waals surface area contributed by atoms with Gasteiger partial charge < -0.3 is 14.7 Å². The molecule has 0 aliphatic carbocycles. The molecular formula is C19H20N2O6S. The van der Waals surface area contributed by atoms with Crippen molar-refractivity contribution in [1.82, 2.24) is 9.80 Å². The maximum atomic E-state index is 12.7. The molecule has 28 heavy (non-hydrogen) atoms. The molecular weight excluding hydrogens is 384 g/mol. The van der Waals surface area contributed by atoms with E-state index in [0.717, 1.165) is 16.7 Å². The maximum Gasteiger partial charge on any atom is 0.341 e. The zero-order valence-corrected chi connectivity index (χ0v) is 16.5. The third kappa shape index (κ3) is 2.72. The molecule has 0 saturated carbocycles. The molecule has 0 aromatic heterocycles. The van der Waals surface area contributed by atoms with Crippen LogP contribution < -0.4 is 0 Å². The Bertz CT molecular complexity index is 875. The summed E-state index contributed by atoms with van der Waals surface area (Å²) in [7, 11) is 0. The van der Waals surface area contributed by atoms with E-state index >= 15 is 0 Å². The van der Waals surface area contributed by atoms with Gasteiger partial charge in [0.1, 0.15) is 17.0 Å². The van der Waals surface area contributed by atoms with Crippen LogP contribution in [-0.2, 0) is 14.3 Å². The highest BCUT2D eigenvalue weighted by Crippen LogP contribution is 2.43. The molecule has 1 aromatic rings. The Morgan fingerprint density at radius 3 is 2.29 bits per heavy atom. The number of thioether (sulfide) groups is 1. The molecule has 2 unspecified atom stereocenters. The molecule has 2 fully saturated rings. The van der Waals surface area contributed by atoms with Crippen LogP contribution >= 0.6 is 11.8 Å². The number of carbonyl (C=O) groups excluding carboxylic acids is 4. The van der Waals surface area contributed by atoms with Crippen molar-refractivity contribution in [2.75, 3.05) is 12.3 Å². The number of fused-ring (bicyclic) bond motifs is 2. The average molecular weight is 404 g/mol. The Kier molecular flexibility index (Phi) is 4.10. The third-order valence-corrected chi connectivity index (χ3v) is 6.42. The van der Waals surface area contributed by atoms with E-state index in [4.69, 9.17) is 4.74 Å². The third-order valence-electron chi connectivity index (χ3n) is 4.92. The van der Waals surface area contributed by atoms with Crippen LogP contribution in [0, 0.1) is 0 Å². The largest absolute Gasteiger partial charge is 0.458 e. The smallest absolute Gasteiger partial charge is 0.341 e. The number of carbonyl (C=O) groups is 4. The van der Waals surface area contributed by atoms with E-state index in [1.807, 2.05) is 0 Å². The summed E-state index contributed by atoms with van der Waals surface area (Å²) >= 11 is 1.16. The molecule has 0 bridgehead atoms. The number of ether oxygens (including phenoxy) is 1. The Morgan fingerprint density at radius 2 is 1.75 bits per heavy atom. The highest BCUT2D eigenvalue weighted by atomic mass is 32.2. The average Bonchev–Trinajstić information content (AvgIpc) is 2.86. The van der Waals surface area contributed by atoms with Gasteiger partial charge in [0.05, 0.1) is 17.7 Å². The first-order chi connectivity index (χ1) is 13.0. The van der Waals surface area contributed by atoms with E-state index in [1.165, 1.54) is 4.90 Å². The minimum atomic E-state index is -1.82. The van der Waals surface area contributed by atoms with E-state index in [9.17, 15) is 24.3 Å². The number of aliphatic hydroxyl groups is 1. The molecule has 3 aliphatic rings. The second kappa shape index (κ2) is 6.05. The predicted molar refractivity (Wildman–Crippen MR) is 99.5 cm³/mol. The topological polar surface area (TPSA) is 104 Å². The predicted octanol–water partition coefficient (Wildman–Crippen LogP) is 0.639. The second-order valence-corrected chi connectivity index (χ2v) is 9.28. The van der Waals surface area contributed by atoms with E-state index < -0.39 is 46.3 Å². The van der Waals surface area contributed by atoms with Gasteiger partial charge in [0.15, 0.2) is 5.60 Å². The number of imide groups is 1. The Morgan fingerprint density at radius 1 is 1.18 bits per heavy atom. The minimum Gasteiger partial charge on any atom is -0.458 e. The number of esters is 1. The van der Waals surface area contributed by atoms with Gasteiger partial charge in [-0.05, 0) is 32.9 Å². The van der Waals surface area contributed by atoms with Crippen molar-refractivity contribution in [3.63, 3.8) is 0 Å². The number of hydrogen-bond donors (Lipinski definition) is 1. The van der Waals surface area contributed by atoms with Gasteiger partial charge in [-0.15, -0.1) is 11.8 Å². The summed E-state index contributed by atoms with van der Waals surface area (Å²) in [4.78, 5) is 52.7. The van der Waals surface area contributed by atoms with Crippen molar-refractivity contribution >= 4 is 35.5 Å². The number of hydrogen-bond acceptors (Lipinski definition) is 7. The van der Waals surface area contributed by atoms with Crippen molar-refractivity contribution in [2.24, 2.45) is 0 Å². The molecule has 3 aliphatic heterocycles. The van der Waals surface area contributed by atoms with Crippen LogP contribution in [0.4, 0.5) is 0 Å². The molecule has 9 heteroatoms. The van der Waals surface area contributed by atoms with Crippen LogP contribution in [0.2, 0.25) is 0 Å². The van der Waals surface area contributed by atoms with Crippen LogP contribution in [0.15, 0.2) is 24.3 Å². The number of amides is 3. The van der Waals surface area contributed by atoms with Gasteiger partial charge in [0, 0.05) is 5.75 Å². The van der Waals surface area contributed by atoms with Crippen molar-refractivity contribution in [2.45, 2.75) is 43.4 Å². The standard InChI is InChI=1S/C19H20N2O6S/c1-18(2,3)27-17(25)19(26)8-20-15(24)12(16(20)28-9-19)21-13(22)10-6-4-5-7-11(10)14(21)23/h4-7,12,16,26H,8-9H2,1-3H3/t12?,16-,19?/m1/s1. The fraction of sp³-hybridized carbons (Fsp3) is 0.474. The SMILES string of the molecule is CC(C)(C)OC(=O)C1(O)CS[C@@H]2C(N3C(=O)c4ccccc4C3=O)C(=O)N2C1. The van der Waals surface area contributed by atoms with Gasteiger partial charge in [-0.2, -0.15) is 0 Å². The van der Waals surface area contributed by atoms with Crippen LogP contribution in [0.3, 0.4) is 0 Å². The molecule has 0 radical (unpaired) electrons. The van der Waals surface area contributed by atoms with Gasteiger partial charge in [0.2, 0.25) is 5.91 Å². The first-order valence-electron chi connectivity index (χ1n) is 8.88. The highest BCUT2D eigenvalue weighted by molar-refractivity contribution is 8.00. The van der Waals surface area contributed by atoms with E-state index in [-0.39, 0.29) is 23.4 Å². The van der Waals surface area contributed by atoms with Gasteiger partial charge in [-0.25, -0.2) is 4.79 Å². The van der Waals surface area contributed by atoms with Gasteiger partial charge in [0.25, 0.3) is 11.8 Å². The van der Waals surface area contributed by atoms with E-state index in [0.29, 0.717) is 0 Å². The fourth-order valence-corrected chi connectivity index (χ4v) is 5.03. The maximum absolute atomic E-state index is 12.7. The lowest BCUT2D eigenvalue weighted by Gasteiger charge is -2.54. The fourth-order valence-electron chi connectivity index (χ4n) is 3.60. The molecule has 3 amide bonds. The van der Waals surface area contributed by atoms with Crippen LogP contribution in [0.25, 0.3) is 0 Å². The molecule has 4 rings (SSSR count). The zero-order valence-electron chi connectivity index (χ0n) is 15.7. The van der Waals surface area contributed by atoms with Crippen molar-refractivity contribution < 1.29 is 29.0 Å². The van der Waals surface area contributed by atoms with Crippen molar-refractivity contribution in [3.05, 3.63) is 35.4 Å². The molecule has 3 heterocycles. The highest BCUT2D eigenvalue weighted by Gasteiger charge is 2.61. The molecule has 1 N–H and O–H groups in total. The summed E-state index contributed by atoms with van der Waals surface area (Å²) < 4.78 is 5.27. The first-order valence-corrected chi connectivity index (χ1v) is 9.93. The van der Waals surface area contributed by atoms with Crippen molar-refractivity contribution in [1.29, 1.82) is 0 Å². The van der Waals surface area contributed by atoms with Crippen LogP contribution in [0.1, 0.15) is 41.5 Å². The summed E-state index contributed by atoms with van der Waals surface area (Å²) in [5.41, 5.74) is -2.03. The van der Waals surface area contributed by atoms with Crippen LogP contribution in [-0.4, -0.2) is 73.5 Å². The minimum absolute atomic E-state index is 0.00995. The normalized spacial score (nSPS) is 29.4. The quantitative estimate of drug-likeness (QED) is 0.438. The lowest BCUT2D eigenvalue weighted by Crippen LogP contribution is -2.75. The number of β-lactam (4-membered cyclic amide) rings is 1. The lowest BCUT2D eigenvalue weighted by atomic mass is 9.98. The monoisotopic (exact) mass is 404 g/mol. The lowest BCUT2D eigenvalue weighted by molar-refractivity contribution is -0.181. The Hall–Kier alpha value is -2.39.